The molecule has 1 saturated heterocycles. The summed E-state index contributed by atoms with van der Waals surface area (Å²) in [5, 5.41) is 11.3. The summed E-state index contributed by atoms with van der Waals surface area (Å²) in [5.41, 5.74) is 0.916. The number of anilines is 1. The van der Waals surface area contributed by atoms with Crippen LogP contribution in [-0.2, 0) is 9.53 Å². The van der Waals surface area contributed by atoms with Gasteiger partial charge in [0.25, 0.3) is 0 Å². The number of hydrogen-bond acceptors (Lipinski definition) is 6. The van der Waals surface area contributed by atoms with Crippen molar-refractivity contribution in [1.82, 2.24) is 15.5 Å². The van der Waals surface area contributed by atoms with Gasteiger partial charge in [0.2, 0.25) is 11.8 Å². The zero-order valence-corrected chi connectivity index (χ0v) is 13.8. The van der Waals surface area contributed by atoms with E-state index in [1.165, 1.54) is 0 Å². The fourth-order valence-electron chi connectivity index (χ4n) is 2.62. The molecule has 1 atom stereocenters. The van der Waals surface area contributed by atoms with Crippen LogP contribution >= 0.6 is 0 Å². The van der Waals surface area contributed by atoms with Crippen molar-refractivity contribution in [3.05, 3.63) is 41.8 Å². The maximum absolute atomic E-state index is 12.1. The van der Waals surface area contributed by atoms with E-state index in [1.54, 1.807) is 0 Å². The zero-order chi connectivity index (χ0) is 16.8. The van der Waals surface area contributed by atoms with Crippen molar-refractivity contribution in [3.8, 4) is 0 Å². The van der Waals surface area contributed by atoms with Gasteiger partial charge in [-0.3, -0.25) is 4.79 Å². The molecule has 1 N–H and O–H groups in total. The van der Waals surface area contributed by atoms with Crippen LogP contribution in [0.4, 0.5) is 6.01 Å². The number of amides is 1. The quantitative estimate of drug-likeness (QED) is 0.871. The van der Waals surface area contributed by atoms with E-state index in [9.17, 15) is 4.79 Å². The number of hydrogen-bond donors (Lipinski definition) is 1. The molecule has 1 aliphatic heterocycles. The maximum atomic E-state index is 12.1. The average Bonchev–Trinajstić information content (AvgIpc) is 3.11. The van der Waals surface area contributed by atoms with Crippen LogP contribution in [-0.4, -0.2) is 42.4 Å². The molecule has 1 amide bonds. The molecule has 0 saturated carbocycles. The molecule has 0 aliphatic carbocycles. The number of rotatable bonds is 6. The minimum atomic E-state index is -0.437. The summed E-state index contributed by atoms with van der Waals surface area (Å²) >= 11 is 0. The van der Waals surface area contributed by atoms with Crippen molar-refractivity contribution in [2.24, 2.45) is 0 Å². The summed E-state index contributed by atoms with van der Waals surface area (Å²) in [5.74, 6) is 0.365. The molecule has 1 aromatic heterocycles. The van der Waals surface area contributed by atoms with Gasteiger partial charge in [-0.05, 0) is 12.0 Å². The molecule has 2 aromatic rings. The van der Waals surface area contributed by atoms with Crippen molar-refractivity contribution in [2.45, 2.75) is 25.8 Å². The van der Waals surface area contributed by atoms with Gasteiger partial charge in [-0.15, -0.1) is 5.10 Å². The van der Waals surface area contributed by atoms with Crippen LogP contribution in [0.1, 0.15) is 37.3 Å². The molecular weight excluding hydrogens is 308 g/mol. The number of nitrogens with zero attached hydrogens (tertiary/aromatic N) is 3. The van der Waals surface area contributed by atoms with Crippen LogP contribution in [0.25, 0.3) is 0 Å². The minimum Gasteiger partial charge on any atom is -0.405 e. The zero-order valence-electron chi connectivity index (χ0n) is 13.8. The van der Waals surface area contributed by atoms with Gasteiger partial charge in [0.05, 0.1) is 13.2 Å². The normalized spacial score (nSPS) is 16.0. The second kappa shape index (κ2) is 7.92. The predicted molar refractivity (Wildman–Crippen MR) is 88.7 cm³/mol. The SMILES string of the molecule is CCCC(=O)N[C@H](c1ccccc1)c1nnc(N2CCOCC2)o1. The van der Waals surface area contributed by atoms with Crippen LogP contribution in [0.3, 0.4) is 0 Å². The molecule has 7 heteroatoms. The predicted octanol–water partition coefficient (Wildman–Crippen LogP) is 1.91. The van der Waals surface area contributed by atoms with E-state index in [0.29, 0.717) is 31.5 Å². The van der Waals surface area contributed by atoms with Crippen molar-refractivity contribution in [3.63, 3.8) is 0 Å². The summed E-state index contributed by atoms with van der Waals surface area (Å²) in [6.45, 7) is 4.71. The first-order valence-electron chi connectivity index (χ1n) is 8.28. The Morgan fingerprint density at radius 2 is 2.00 bits per heavy atom. The fraction of sp³-hybridized carbons (Fsp3) is 0.471. The van der Waals surface area contributed by atoms with E-state index in [4.69, 9.17) is 9.15 Å². The van der Waals surface area contributed by atoms with Gasteiger partial charge < -0.3 is 19.4 Å². The lowest BCUT2D eigenvalue weighted by molar-refractivity contribution is -0.121. The Labute approximate surface area is 141 Å². The Bertz CT molecular complexity index is 653. The van der Waals surface area contributed by atoms with Crippen LogP contribution in [0.2, 0.25) is 0 Å². The summed E-state index contributed by atoms with van der Waals surface area (Å²) in [4.78, 5) is 14.1. The van der Waals surface area contributed by atoms with Crippen LogP contribution < -0.4 is 10.2 Å². The number of aromatic nitrogens is 2. The van der Waals surface area contributed by atoms with E-state index in [1.807, 2.05) is 42.2 Å². The van der Waals surface area contributed by atoms with Crippen molar-refractivity contribution < 1.29 is 13.9 Å². The van der Waals surface area contributed by atoms with Gasteiger partial charge in [-0.25, -0.2) is 0 Å². The number of nitrogens with one attached hydrogen (secondary N) is 1. The third-order valence-corrected chi connectivity index (χ3v) is 3.87. The number of carbonyl (C=O) groups is 1. The Balaban J connectivity index is 1.82. The average molecular weight is 330 g/mol. The van der Waals surface area contributed by atoms with Gasteiger partial charge in [-0.2, -0.15) is 0 Å². The highest BCUT2D eigenvalue weighted by Crippen LogP contribution is 2.24. The monoisotopic (exact) mass is 330 g/mol. The topological polar surface area (TPSA) is 80.5 Å². The lowest BCUT2D eigenvalue weighted by atomic mass is 10.1. The van der Waals surface area contributed by atoms with Crippen molar-refractivity contribution in [2.75, 3.05) is 31.2 Å². The second-order valence-electron chi connectivity index (χ2n) is 5.68. The van der Waals surface area contributed by atoms with Gasteiger partial charge in [0.15, 0.2) is 0 Å². The van der Waals surface area contributed by atoms with E-state index in [0.717, 1.165) is 25.1 Å². The first-order valence-corrected chi connectivity index (χ1v) is 8.28. The second-order valence-corrected chi connectivity index (χ2v) is 5.68. The Kier molecular flexibility index (Phi) is 5.43. The molecule has 0 unspecified atom stereocenters. The summed E-state index contributed by atoms with van der Waals surface area (Å²) in [6.07, 6.45) is 1.25. The number of benzene rings is 1. The molecular formula is C17H22N4O3. The Hall–Kier alpha value is -2.41. The fourth-order valence-corrected chi connectivity index (χ4v) is 2.62. The Morgan fingerprint density at radius 3 is 2.71 bits per heavy atom. The highest BCUT2D eigenvalue weighted by molar-refractivity contribution is 5.76. The maximum Gasteiger partial charge on any atom is 0.318 e. The number of carbonyl (C=O) groups excluding carboxylic acids is 1. The molecule has 24 heavy (non-hydrogen) atoms. The van der Waals surface area contributed by atoms with Gasteiger partial charge in [-0.1, -0.05) is 42.4 Å². The molecule has 0 spiro atoms. The standard InChI is InChI=1S/C17H22N4O3/c1-2-6-14(22)18-15(13-7-4-3-5-8-13)16-19-20-17(24-16)21-9-11-23-12-10-21/h3-5,7-8,15H,2,6,9-12H2,1H3,(H,18,22)/t15-/m1/s1. The molecule has 3 rings (SSSR count). The molecule has 1 aromatic carbocycles. The number of ether oxygens (including phenoxy) is 1. The van der Waals surface area contributed by atoms with Crippen molar-refractivity contribution in [1.29, 1.82) is 0 Å². The lowest BCUT2D eigenvalue weighted by Gasteiger charge is -2.24. The molecule has 0 bridgehead atoms. The smallest absolute Gasteiger partial charge is 0.318 e. The third-order valence-electron chi connectivity index (χ3n) is 3.87. The van der Waals surface area contributed by atoms with Gasteiger partial charge >= 0.3 is 6.01 Å². The summed E-state index contributed by atoms with van der Waals surface area (Å²) in [7, 11) is 0. The van der Waals surface area contributed by atoms with Crippen LogP contribution in [0.15, 0.2) is 34.7 Å². The van der Waals surface area contributed by atoms with Gasteiger partial charge in [0.1, 0.15) is 6.04 Å². The van der Waals surface area contributed by atoms with E-state index < -0.39 is 6.04 Å². The molecule has 2 heterocycles. The van der Waals surface area contributed by atoms with E-state index >= 15 is 0 Å². The molecule has 7 nitrogen and oxygen atoms in total. The molecule has 1 aliphatic rings. The summed E-state index contributed by atoms with van der Waals surface area (Å²) < 4.78 is 11.2. The first kappa shape index (κ1) is 16.4. The van der Waals surface area contributed by atoms with E-state index in [2.05, 4.69) is 15.5 Å². The summed E-state index contributed by atoms with van der Waals surface area (Å²) in [6, 6.07) is 9.69. The highest BCUT2D eigenvalue weighted by Gasteiger charge is 2.25. The molecule has 0 radical (unpaired) electrons. The van der Waals surface area contributed by atoms with Crippen LogP contribution in [0, 0.1) is 0 Å². The first-order chi connectivity index (χ1) is 11.8. The lowest BCUT2D eigenvalue weighted by Crippen LogP contribution is -2.36. The largest absolute Gasteiger partial charge is 0.405 e. The Morgan fingerprint density at radius 1 is 1.25 bits per heavy atom. The van der Waals surface area contributed by atoms with Crippen LogP contribution in [0.5, 0.6) is 0 Å². The van der Waals surface area contributed by atoms with E-state index in [-0.39, 0.29) is 5.91 Å². The van der Waals surface area contributed by atoms with Crippen molar-refractivity contribution >= 4 is 11.9 Å². The molecule has 128 valence electrons. The third kappa shape index (κ3) is 3.91. The highest BCUT2D eigenvalue weighted by atomic mass is 16.5. The molecule has 1 fully saturated rings. The van der Waals surface area contributed by atoms with Gasteiger partial charge in [0, 0.05) is 19.5 Å². The number of morpholine rings is 1. The minimum absolute atomic E-state index is 0.0301.